The zero-order valence-electron chi connectivity index (χ0n) is 45.3. The van der Waals surface area contributed by atoms with Gasteiger partial charge >= 0.3 is 23.9 Å². The van der Waals surface area contributed by atoms with Crippen LogP contribution in [0, 0.1) is 0 Å². The molecule has 27 heteroatoms. The molecule has 1 unspecified atom stereocenters. The average molecular weight is 1120 g/mol. The molecule has 27 nitrogen and oxygen atoms in total. The van der Waals surface area contributed by atoms with Gasteiger partial charge in [-0.3, -0.25) is 38.4 Å². The summed E-state index contributed by atoms with van der Waals surface area (Å²) >= 11 is 0. The smallest absolute Gasteiger partial charge is 0.326 e. The van der Waals surface area contributed by atoms with E-state index in [4.69, 9.17) is 35.5 Å². The van der Waals surface area contributed by atoms with Crippen molar-refractivity contribution in [3.8, 4) is 0 Å². The fraction of sp³-hybridized carbons (Fsp3) is 0.784. The maximum Gasteiger partial charge on any atom is 0.326 e. The summed E-state index contributed by atoms with van der Waals surface area (Å²) in [6.07, 6.45) is 15.2. The molecule has 0 bridgehead atoms. The monoisotopic (exact) mass is 1120 g/mol. The van der Waals surface area contributed by atoms with E-state index >= 15 is 0 Å². The Kier molecular flexibility index (Phi) is 44.4. The van der Waals surface area contributed by atoms with Crippen LogP contribution >= 0.6 is 0 Å². The van der Waals surface area contributed by atoms with Crippen LogP contribution in [-0.4, -0.2) is 182 Å². The summed E-state index contributed by atoms with van der Waals surface area (Å²) in [4.78, 5) is 130. The number of hydrogen-bond acceptors (Lipinski definition) is 16. The van der Waals surface area contributed by atoms with Gasteiger partial charge in [0, 0.05) is 51.7 Å². The molecule has 0 aromatic carbocycles. The molecule has 0 spiro atoms. The Hall–Kier alpha value is -6.03. The summed E-state index contributed by atoms with van der Waals surface area (Å²) in [7, 11) is 0. The van der Waals surface area contributed by atoms with E-state index in [9.17, 15) is 68.1 Å². The van der Waals surface area contributed by atoms with Gasteiger partial charge in [-0.25, -0.2) is 14.4 Å². The molecule has 0 radical (unpaired) electrons. The molecule has 0 rings (SSSR count). The van der Waals surface area contributed by atoms with Gasteiger partial charge in [-0.15, -0.1) is 0 Å². The van der Waals surface area contributed by atoms with Crippen LogP contribution in [0.2, 0.25) is 0 Å². The zero-order valence-corrected chi connectivity index (χ0v) is 45.3. The summed E-state index contributed by atoms with van der Waals surface area (Å²) in [6.45, 7) is 0.223. The van der Waals surface area contributed by atoms with Crippen molar-refractivity contribution in [2.75, 3.05) is 72.5 Å². The standard InChI is InChI=1S/C51H90N8O19/c52-37(48(53)68)17-15-16-26-54-41(60)23-20-39(50(71)72)58-44(63)25-22-40(51(73)74)59-46(65)36-78-34-32-76-30-28-56-45(64)35-77-33-31-75-29-27-55-42(61)24-21-38(49(69)70)57-43(62)18-13-11-9-7-5-3-1-2-4-6-8-10-12-14-19-47(66)67/h37-40H,1-36,52H2,(H2,53,68)(H,54,60)(H,55,61)(H,56,64)(H,57,62)(H,58,63)(H,59,65)(H,66,67)(H,69,70)(H,71,72)(H,73,74)/t37?,38-,39-,40-/m0/s1. The van der Waals surface area contributed by atoms with Crippen LogP contribution in [0.5, 0.6) is 0 Å². The van der Waals surface area contributed by atoms with Crippen LogP contribution in [0.3, 0.4) is 0 Å². The van der Waals surface area contributed by atoms with E-state index in [1.807, 2.05) is 0 Å². The molecule has 0 aromatic rings. The number of carbonyl (C=O) groups is 11. The Bertz CT molecular complexity index is 1780. The van der Waals surface area contributed by atoms with Gasteiger partial charge in [0.05, 0.1) is 45.7 Å². The van der Waals surface area contributed by atoms with E-state index in [2.05, 4.69) is 31.9 Å². The van der Waals surface area contributed by atoms with Gasteiger partial charge in [0.15, 0.2) is 0 Å². The Morgan fingerprint density at radius 3 is 1.12 bits per heavy atom. The van der Waals surface area contributed by atoms with E-state index in [0.29, 0.717) is 25.7 Å². The van der Waals surface area contributed by atoms with Crippen molar-refractivity contribution in [3.05, 3.63) is 0 Å². The van der Waals surface area contributed by atoms with Crippen molar-refractivity contribution < 1.29 is 92.1 Å². The molecule has 0 saturated heterocycles. The van der Waals surface area contributed by atoms with Gasteiger partial charge in [-0.05, 0) is 51.4 Å². The third kappa shape index (κ3) is 45.0. The number of nitrogens with two attached hydrogens (primary N) is 2. The average Bonchev–Trinajstić information content (AvgIpc) is 3.38. The first kappa shape index (κ1) is 72.0. The van der Waals surface area contributed by atoms with Crippen LogP contribution in [0.1, 0.15) is 161 Å². The number of nitrogens with one attached hydrogen (secondary N) is 6. The Labute approximate surface area is 456 Å². The van der Waals surface area contributed by atoms with Crippen LogP contribution in [0.15, 0.2) is 0 Å². The van der Waals surface area contributed by atoms with Crippen molar-refractivity contribution in [3.63, 3.8) is 0 Å². The van der Waals surface area contributed by atoms with E-state index in [1.54, 1.807) is 0 Å². The number of aliphatic carboxylic acids is 4. The molecule has 0 aliphatic carbocycles. The lowest BCUT2D eigenvalue weighted by Gasteiger charge is -2.17. The molecule has 0 aromatic heterocycles. The highest BCUT2D eigenvalue weighted by atomic mass is 16.5. The number of carbonyl (C=O) groups excluding carboxylic acids is 7. The number of hydrogen-bond donors (Lipinski definition) is 12. The van der Waals surface area contributed by atoms with Gasteiger partial charge < -0.3 is 82.7 Å². The SMILES string of the molecule is NC(=O)C(N)CCCCNC(=O)CC[C@H](NC(=O)CC[C@H](NC(=O)COCCOCCNC(=O)COCCOCCNC(=O)CC[C@H](NC(=O)CCCCCCCCCCCCCCCCC(=O)O)C(=O)O)C(=O)O)C(=O)O. The van der Waals surface area contributed by atoms with Crippen molar-refractivity contribution >= 4 is 65.2 Å². The van der Waals surface area contributed by atoms with Crippen molar-refractivity contribution in [2.24, 2.45) is 11.5 Å². The van der Waals surface area contributed by atoms with E-state index in [1.165, 1.54) is 32.1 Å². The number of carboxylic acid groups (broad SMARTS) is 4. The number of rotatable bonds is 54. The number of unbranched alkanes of at least 4 members (excludes halogenated alkanes) is 14. The topological polar surface area (TPSA) is 430 Å². The number of ether oxygens (including phenoxy) is 4. The van der Waals surface area contributed by atoms with Crippen LogP contribution in [0.25, 0.3) is 0 Å². The third-order valence-electron chi connectivity index (χ3n) is 11.9. The molecule has 0 heterocycles. The molecular formula is C51H90N8O19. The molecule has 0 aliphatic heterocycles. The van der Waals surface area contributed by atoms with Crippen LogP contribution in [0.4, 0.5) is 0 Å². The number of amides is 7. The van der Waals surface area contributed by atoms with Gasteiger partial charge in [-0.1, -0.05) is 77.0 Å². The molecule has 7 amide bonds. The predicted molar refractivity (Wildman–Crippen MR) is 281 cm³/mol. The Balaban J connectivity index is 3.95. The lowest BCUT2D eigenvalue weighted by molar-refractivity contribution is -0.144. The number of primary amides is 1. The van der Waals surface area contributed by atoms with E-state index in [0.717, 1.165) is 51.4 Å². The second kappa shape index (κ2) is 48.1. The summed E-state index contributed by atoms with van der Waals surface area (Å²) in [5, 5.41) is 52.0. The maximum absolute atomic E-state index is 12.4. The maximum atomic E-state index is 12.4. The van der Waals surface area contributed by atoms with Gasteiger partial charge in [0.2, 0.25) is 41.4 Å². The molecule has 448 valence electrons. The van der Waals surface area contributed by atoms with E-state index < -0.39 is 96.5 Å². The van der Waals surface area contributed by atoms with Crippen molar-refractivity contribution in [1.29, 1.82) is 0 Å². The lowest BCUT2D eigenvalue weighted by Crippen LogP contribution is -2.45. The zero-order chi connectivity index (χ0) is 58.2. The highest BCUT2D eigenvalue weighted by Crippen LogP contribution is 2.14. The summed E-state index contributed by atoms with van der Waals surface area (Å²) in [6, 6.07) is -4.88. The first-order valence-corrected chi connectivity index (χ1v) is 27.3. The predicted octanol–water partition coefficient (Wildman–Crippen LogP) is 0.759. The van der Waals surface area contributed by atoms with Crippen molar-refractivity contribution in [2.45, 2.75) is 185 Å². The highest BCUT2D eigenvalue weighted by Gasteiger charge is 2.25. The van der Waals surface area contributed by atoms with Gasteiger partial charge in [0.1, 0.15) is 31.3 Å². The molecule has 4 atom stereocenters. The largest absolute Gasteiger partial charge is 0.481 e. The van der Waals surface area contributed by atoms with Gasteiger partial charge in [0.25, 0.3) is 0 Å². The summed E-state index contributed by atoms with van der Waals surface area (Å²) in [5.41, 5.74) is 10.6. The minimum absolute atomic E-state index is 0.0356. The van der Waals surface area contributed by atoms with Crippen LogP contribution in [-0.2, 0) is 71.7 Å². The van der Waals surface area contributed by atoms with Gasteiger partial charge in [-0.2, -0.15) is 0 Å². The highest BCUT2D eigenvalue weighted by molar-refractivity contribution is 5.87. The summed E-state index contributed by atoms with van der Waals surface area (Å²) in [5.74, 6) is -8.64. The third-order valence-corrected chi connectivity index (χ3v) is 11.9. The second-order valence-corrected chi connectivity index (χ2v) is 18.7. The molecular weight excluding hydrogens is 1030 g/mol. The van der Waals surface area contributed by atoms with Crippen LogP contribution < -0.4 is 43.4 Å². The molecule has 0 fully saturated rings. The molecule has 78 heavy (non-hydrogen) atoms. The Morgan fingerprint density at radius 1 is 0.346 bits per heavy atom. The lowest BCUT2D eigenvalue weighted by atomic mass is 10.0. The number of carboxylic acids is 4. The van der Waals surface area contributed by atoms with Crippen molar-refractivity contribution in [1.82, 2.24) is 31.9 Å². The fourth-order valence-corrected chi connectivity index (χ4v) is 7.43. The minimum Gasteiger partial charge on any atom is -0.481 e. The molecule has 14 N–H and O–H groups in total. The summed E-state index contributed by atoms with van der Waals surface area (Å²) < 4.78 is 21.2. The Morgan fingerprint density at radius 2 is 0.692 bits per heavy atom. The first-order valence-electron chi connectivity index (χ1n) is 27.3. The first-order chi connectivity index (χ1) is 37.3. The second-order valence-electron chi connectivity index (χ2n) is 18.7. The molecule has 0 saturated carbocycles. The quantitative estimate of drug-likeness (QED) is 0.0374. The fourth-order valence-electron chi connectivity index (χ4n) is 7.43. The van der Waals surface area contributed by atoms with E-state index in [-0.39, 0.29) is 117 Å². The molecule has 0 aliphatic rings. The minimum atomic E-state index is -1.49. The normalized spacial score (nSPS) is 12.5.